The van der Waals surface area contributed by atoms with Crippen LogP contribution in [-0.2, 0) is 6.54 Å². The van der Waals surface area contributed by atoms with Crippen molar-refractivity contribution in [1.29, 1.82) is 0 Å². The Labute approximate surface area is 149 Å². The van der Waals surface area contributed by atoms with Gasteiger partial charge < -0.3 is 10.2 Å². The lowest BCUT2D eigenvalue weighted by Crippen LogP contribution is -2.42. The first-order valence-electron chi connectivity index (χ1n) is 9.17. The summed E-state index contributed by atoms with van der Waals surface area (Å²) in [5.41, 5.74) is 3.54. The SMILES string of the molecule is CCN1C(CN2CCC(c3cccc4c3CNC4=O)C2)CSC1C. The molecule has 0 saturated carbocycles. The molecule has 130 valence electrons. The van der Waals surface area contributed by atoms with Crippen molar-refractivity contribution in [2.75, 3.05) is 31.9 Å². The van der Waals surface area contributed by atoms with Gasteiger partial charge in [0.1, 0.15) is 0 Å². The van der Waals surface area contributed by atoms with Crippen LogP contribution in [0.25, 0.3) is 0 Å². The molecular weight excluding hydrogens is 318 g/mol. The maximum atomic E-state index is 11.9. The van der Waals surface area contributed by atoms with Gasteiger partial charge in [0.2, 0.25) is 0 Å². The number of carbonyl (C=O) groups excluding carboxylic acids is 1. The Morgan fingerprint density at radius 1 is 1.38 bits per heavy atom. The zero-order valence-electron chi connectivity index (χ0n) is 14.6. The fourth-order valence-electron chi connectivity index (χ4n) is 4.62. The minimum Gasteiger partial charge on any atom is -0.348 e. The number of nitrogens with zero attached hydrogens (tertiary/aromatic N) is 2. The van der Waals surface area contributed by atoms with Gasteiger partial charge in [-0.3, -0.25) is 9.69 Å². The third-order valence-corrected chi connectivity index (χ3v) is 7.23. The molecule has 1 aromatic rings. The summed E-state index contributed by atoms with van der Waals surface area (Å²) >= 11 is 2.09. The van der Waals surface area contributed by atoms with Gasteiger partial charge in [0.25, 0.3) is 5.91 Å². The number of nitrogens with one attached hydrogen (secondary N) is 1. The molecule has 0 bridgehead atoms. The number of thioether (sulfide) groups is 1. The van der Waals surface area contributed by atoms with Crippen molar-refractivity contribution in [3.63, 3.8) is 0 Å². The molecule has 1 N–H and O–H groups in total. The summed E-state index contributed by atoms with van der Waals surface area (Å²) in [6, 6.07) is 6.94. The van der Waals surface area contributed by atoms with Crippen LogP contribution in [0, 0.1) is 0 Å². The van der Waals surface area contributed by atoms with E-state index in [1.54, 1.807) is 0 Å². The van der Waals surface area contributed by atoms with Crippen molar-refractivity contribution < 1.29 is 4.79 Å². The number of amides is 1. The highest BCUT2D eigenvalue weighted by Crippen LogP contribution is 2.34. The van der Waals surface area contributed by atoms with Gasteiger partial charge in [0.15, 0.2) is 0 Å². The van der Waals surface area contributed by atoms with Gasteiger partial charge in [0.05, 0.1) is 5.37 Å². The average molecular weight is 346 g/mol. The highest BCUT2D eigenvalue weighted by atomic mass is 32.2. The van der Waals surface area contributed by atoms with Crippen LogP contribution in [0.3, 0.4) is 0 Å². The van der Waals surface area contributed by atoms with Gasteiger partial charge in [-0.2, -0.15) is 0 Å². The number of likely N-dealkylation sites (tertiary alicyclic amines) is 1. The number of hydrogen-bond acceptors (Lipinski definition) is 4. The van der Waals surface area contributed by atoms with Crippen LogP contribution in [0.4, 0.5) is 0 Å². The Bertz CT molecular complexity index is 635. The Hall–Kier alpha value is -1.04. The van der Waals surface area contributed by atoms with Crippen LogP contribution in [-0.4, -0.2) is 59.1 Å². The molecule has 0 spiro atoms. The van der Waals surface area contributed by atoms with E-state index in [1.165, 1.54) is 36.4 Å². The summed E-state index contributed by atoms with van der Waals surface area (Å²) in [4.78, 5) is 17.2. The van der Waals surface area contributed by atoms with E-state index in [2.05, 4.69) is 52.9 Å². The van der Waals surface area contributed by atoms with Gasteiger partial charge in [-0.05, 0) is 49.5 Å². The highest BCUT2D eigenvalue weighted by Gasteiger charge is 2.34. The predicted octanol–water partition coefficient (Wildman–Crippen LogP) is 2.50. The Morgan fingerprint density at radius 2 is 2.25 bits per heavy atom. The van der Waals surface area contributed by atoms with Gasteiger partial charge >= 0.3 is 0 Å². The average Bonchev–Trinajstić information content (AvgIpc) is 3.28. The number of hydrogen-bond donors (Lipinski definition) is 1. The molecule has 0 aromatic heterocycles. The Morgan fingerprint density at radius 3 is 3.08 bits per heavy atom. The molecule has 24 heavy (non-hydrogen) atoms. The van der Waals surface area contributed by atoms with Gasteiger partial charge in [-0.25, -0.2) is 0 Å². The van der Waals surface area contributed by atoms with E-state index in [-0.39, 0.29) is 5.91 Å². The molecule has 0 radical (unpaired) electrons. The normalized spacial score (nSPS) is 30.8. The van der Waals surface area contributed by atoms with E-state index < -0.39 is 0 Å². The quantitative estimate of drug-likeness (QED) is 0.909. The van der Waals surface area contributed by atoms with Crippen molar-refractivity contribution in [2.45, 2.75) is 44.1 Å². The molecule has 2 saturated heterocycles. The Balaban J connectivity index is 1.43. The second kappa shape index (κ2) is 6.70. The molecule has 5 heteroatoms. The second-order valence-corrected chi connectivity index (χ2v) is 8.57. The number of benzene rings is 1. The van der Waals surface area contributed by atoms with Crippen LogP contribution in [0.1, 0.15) is 47.7 Å². The molecule has 2 fully saturated rings. The third kappa shape index (κ3) is 2.87. The molecule has 1 aromatic carbocycles. The van der Waals surface area contributed by atoms with Crippen LogP contribution < -0.4 is 5.32 Å². The fraction of sp³-hybridized carbons (Fsp3) is 0.632. The summed E-state index contributed by atoms with van der Waals surface area (Å²) < 4.78 is 0. The second-order valence-electron chi connectivity index (χ2n) is 7.22. The van der Waals surface area contributed by atoms with Crippen LogP contribution >= 0.6 is 11.8 Å². The summed E-state index contributed by atoms with van der Waals surface area (Å²) in [5, 5.41) is 3.64. The first-order valence-corrected chi connectivity index (χ1v) is 10.2. The number of fused-ring (bicyclic) bond motifs is 1. The minimum atomic E-state index is 0.0947. The van der Waals surface area contributed by atoms with Crippen molar-refractivity contribution in [2.24, 2.45) is 0 Å². The standard InChI is InChI=1S/C19H27N3OS/c1-3-22-13(2)24-12-15(22)11-21-8-7-14(10-21)16-5-4-6-17-18(16)9-20-19(17)23/h4-6,13-15H,3,7-12H2,1-2H3,(H,20,23). The van der Waals surface area contributed by atoms with Crippen molar-refractivity contribution in [3.8, 4) is 0 Å². The molecule has 1 amide bonds. The van der Waals surface area contributed by atoms with E-state index in [0.29, 0.717) is 23.9 Å². The topological polar surface area (TPSA) is 35.6 Å². The number of likely N-dealkylation sites (N-methyl/N-ethyl adjacent to an activating group) is 1. The Kier molecular flexibility index (Phi) is 4.58. The fourth-order valence-corrected chi connectivity index (χ4v) is 5.93. The van der Waals surface area contributed by atoms with Gasteiger partial charge in [-0.15, -0.1) is 11.8 Å². The predicted molar refractivity (Wildman–Crippen MR) is 99.5 cm³/mol. The van der Waals surface area contributed by atoms with Crippen LogP contribution in [0.15, 0.2) is 18.2 Å². The van der Waals surface area contributed by atoms with E-state index in [4.69, 9.17) is 0 Å². The molecule has 3 unspecified atom stereocenters. The van der Waals surface area contributed by atoms with Crippen molar-refractivity contribution in [1.82, 2.24) is 15.1 Å². The molecule has 4 rings (SSSR count). The maximum Gasteiger partial charge on any atom is 0.251 e. The zero-order chi connectivity index (χ0) is 16.7. The van der Waals surface area contributed by atoms with Crippen LogP contribution in [0.5, 0.6) is 0 Å². The van der Waals surface area contributed by atoms with Crippen molar-refractivity contribution in [3.05, 3.63) is 34.9 Å². The first kappa shape index (κ1) is 16.4. The lowest BCUT2D eigenvalue weighted by atomic mass is 9.91. The van der Waals surface area contributed by atoms with Gasteiger partial charge in [0, 0.05) is 37.0 Å². The molecule has 3 aliphatic heterocycles. The summed E-state index contributed by atoms with van der Waals surface area (Å²) in [5.74, 6) is 1.93. The maximum absolute atomic E-state index is 11.9. The molecule has 3 heterocycles. The van der Waals surface area contributed by atoms with Gasteiger partial charge in [-0.1, -0.05) is 19.1 Å². The molecular formula is C19H27N3OS. The molecule has 0 aliphatic carbocycles. The lowest BCUT2D eigenvalue weighted by Gasteiger charge is -2.29. The molecule has 3 aliphatic rings. The van der Waals surface area contributed by atoms with E-state index in [0.717, 1.165) is 18.7 Å². The highest BCUT2D eigenvalue weighted by molar-refractivity contribution is 8.00. The molecule has 3 atom stereocenters. The summed E-state index contributed by atoms with van der Waals surface area (Å²) in [6.45, 7) is 9.98. The largest absolute Gasteiger partial charge is 0.348 e. The van der Waals surface area contributed by atoms with Crippen LogP contribution in [0.2, 0.25) is 0 Å². The summed E-state index contributed by atoms with van der Waals surface area (Å²) in [6.07, 6.45) is 1.21. The van der Waals surface area contributed by atoms with Crippen molar-refractivity contribution >= 4 is 17.7 Å². The lowest BCUT2D eigenvalue weighted by molar-refractivity contribution is 0.0966. The molecule has 4 nitrogen and oxygen atoms in total. The van der Waals surface area contributed by atoms with E-state index in [1.807, 2.05) is 6.07 Å². The zero-order valence-corrected chi connectivity index (χ0v) is 15.4. The van der Waals surface area contributed by atoms with E-state index >= 15 is 0 Å². The minimum absolute atomic E-state index is 0.0947. The smallest absolute Gasteiger partial charge is 0.251 e. The summed E-state index contributed by atoms with van der Waals surface area (Å²) in [7, 11) is 0. The number of carbonyl (C=O) groups is 1. The third-order valence-electron chi connectivity index (χ3n) is 5.89. The van der Waals surface area contributed by atoms with E-state index in [9.17, 15) is 4.79 Å². The first-order chi connectivity index (χ1) is 11.7. The number of rotatable bonds is 4. The monoisotopic (exact) mass is 345 g/mol.